The Morgan fingerprint density at radius 2 is 1.20 bits per heavy atom. The maximum absolute atomic E-state index is 6.23. The summed E-state index contributed by atoms with van der Waals surface area (Å²) < 4.78 is 8.64. The highest BCUT2D eigenvalue weighted by Gasteiger charge is 2.28. The molecule has 2 aliphatic heterocycles. The van der Waals surface area contributed by atoms with E-state index in [0.717, 1.165) is 56.4 Å². The molecule has 0 aliphatic carbocycles. The summed E-state index contributed by atoms with van der Waals surface area (Å²) in [4.78, 5) is 12.6. The van der Waals surface area contributed by atoms with Crippen LogP contribution in [0.25, 0.3) is 72.0 Å². The van der Waals surface area contributed by atoms with Gasteiger partial charge in [0.05, 0.1) is 33.5 Å². The van der Waals surface area contributed by atoms with Crippen molar-refractivity contribution in [3.05, 3.63) is 158 Å². The number of fused-ring (bicyclic) bond motifs is 10. The quantitative estimate of drug-likeness (QED) is 0.191. The van der Waals surface area contributed by atoms with E-state index in [9.17, 15) is 0 Å². The van der Waals surface area contributed by atoms with Crippen LogP contribution in [0.1, 0.15) is 0 Å². The second-order valence-corrected chi connectivity index (χ2v) is 12.7. The molecule has 5 nitrogen and oxygen atoms in total. The number of hydrogen-bond donors (Lipinski definition) is 0. The molecule has 2 aromatic heterocycles. The zero-order valence-corrected chi connectivity index (χ0v) is 26.2. The Morgan fingerprint density at radius 3 is 2.08 bits per heavy atom. The molecule has 0 spiro atoms. The van der Waals surface area contributed by atoms with Gasteiger partial charge in [-0.1, -0.05) is 78.9 Å². The van der Waals surface area contributed by atoms with Gasteiger partial charge in [-0.25, -0.2) is 9.97 Å². The molecule has 0 amide bonds. The number of benzene rings is 7. The lowest BCUT2D eigenvalue weighted by molar-refractivity contribution is 0.486. The predicted molar refractivity (Wildman–Crippen MR) is 198 cm³/mol. The van der Waals surface area contributed by atoms with Gasteiger partial charge < -0.3 is 4.74 Å². The summed E-state index contributed by atoms with van der Waals surface area (Å²) >= 11 is 0. The number of hydrogen-bond acceptors (Lipinski definition) is 4. The van der Waals surface area contributed by atoms with E-state index in [1.54, 1.807) is 0 Å². The first-order valence-electron chi connectivity index (χ1n) is 16.5. The Balaban J connectivity index is 1.12. The van der Waals surface area contributed by atoms with Crippen LogP contribution in [-0.2, 0) is 0 Å². The van der Waals surface area contributed by atoms with Gasteiger partial charge in [-0.15, -0.1) is 0 Å². The maximum Gasteiger partial charge on any atom is 0.160 e. The minimum atomic E-state index is 0.687. The molecule has 0 unspecified atom stereocenters. The van der Waals surface area contributed by atoms with Crippen molar-refractivity contribution in [2.75, 3.05) is 4.90 Å². The number of rotatable bonds is 2. The zero-order chi connectivity index (χ0) is 32.1. The van der Waals surface area contributed by atoms with Crippen molar-refractivity contribution in [1.82, 2.24) is 14.5 Å². The smallest absolute Gasteiger partial charge is 0.160 e. The average molecular weight is 627 g/mol. The monoisotopic (exact) mass is 626 g/mol. The van der Waals surface area contributed by atoms with E-state index >= 15 is 0 Å². The standard InChI is InChI=1S/C44H26N4O/c1-2-11-29-25-38-34(24-28(29)10-1)32-13-4-7-17-37(32)47(41-26-30-12-3-6-16-36(30)48(38)41)31-22-20-27(21-23-31)44-45-35-15-9-19-40-42(35)43(46-44)33-14-5-8-18-39(33)49-40/h1-26H. The van der Waals surface area contributed by atoms with E-state index in [1.807, 2.05) is 36.4 Å². The minimum absolute atomic E-state index is 0.687. The fourth-order valence-electron chi connectivity index (χ4n) is 7.67. The second-order valence-electron chi connectivity index (χ2n) is 12.7. The summed E-state index contributed by atoms with van der Waals surface area (Å²) in [6.07, 6.45) is 0. The molecule has 0 bridgehead atoms. The van der Waals surface area contributed by atoms with E-state index in [4.69, 9.17) is 14.7 Å². The van der Waals surface area contributed by atoms with Crippen LogP contribution in [0.5, 0.6) is 11.5 Å². The Morgan fingerprint density at radius 1 is 0.490 bits per heavy atom. The molecule has 7 aromatic carbocycles. The molecular weight excluding hydrogens is 601 g/mol. The van der Waals surface area contributed by atoms with Gasteiger partial charge in [0, 0.05) is 33.3 Å². The average Bonchev–Trinajstić information content (AvgIpc) is 3.49. The number of ether oxygens (including phenoxy) is 1. The van der Waals surface area contributed by atoms with E-state index in [-0.39, 0.29) is 0 Å². The zero-order valence-electron chi connectivity index (χ0n) is 26.2. The molecule has 0 N–H and O–H groups in total. The first-order chi connectivity index (χ1) is 24.3. The van der Waals surface area contributed by atoms with Crippen LogP contribution in [0.3, 0.4) is 0 Å². The molecule has 0 saturated heterocycles. The molecule has 11 rings (SSSR count). The third-order valence-electron chi connectivity index (χ3n) is 9.89. The summed E-state index contributed by atoms with van der Waals surface area (Å²) in [5.74, 6) is 3.38. The number of para-hydroxylation sites is 3. The minimum Gasteiger partial charge on any atom is -0.456 e. The second kappa shape index (κ2) is 9.89. The molecule has 2 aliphatic rings. The van der Waals surface area contributed by atoms with Crippen molar-refractivity contribution < 1.29 is 4.74 Å². The highest BCUT2D eigenvalue weighted by atomic mass is 16.5. The number of nitrogens with zero attached hydrogens (tertiary/aromatic N) is 4. The molecule has 9 aromatic rings. The fraction of sp³-hybridized carbons (Fsp3) is 0. The van der Waals surface area contributed by atoms with Gasteiger partial charge in [-0.2, -0.15) is 0 Å². The molecule has 5 heteroatoms. The van der Waals surface area contributed by atoms with Crippen molar-refractivity contribution in [3.8, 4) is 51.0 Å². The van der Waals surface area contributed by atoms with Gasteiger partial charge in [-0.3, -0.25) is 9.47 Å². The van der Waals surface area contributed by atoms with Crippen molar-refractivity contribution in [3.63, 3.8) is 0 Å². The fourth-order valence-corrected chi connectivity index (χ4v) is 7.67. The Labute approximate surface area is 281 Å². The largest absolute Gasteiger partial charge is 0.456 e. The molecule has 0 atom stereocenters. The van der Waals surface area contributed by atoms with Crippen molar-refractivity contribution in [2.24, 2.45) is 0 Å². The Hall–Kier alpha value is -6.72. The van der Waals surface area contributed by atoms with Crippen molar-refractivity contribution >= 4 is 49.8 Å². The van der Waals surface area contributed by atoms with Crippen molar-refractivity contribution in [2.45, 2.75) is 0 Å². The SMILES string of the molecule is c1ccc2c(c1)Oc1cccc3nc(-c4ccc(N5c6ccccc6-c6cc7ccccc7cc6-n6c5cc5ccccc56)cc4)nc-2c13. The molecule has 0 fully saturated rings. The van der Waals surface area contributed by atoms with Gasteiger partial charge in [0.2, 0.25) is 0 Å². The van der Waals surface area contributed by atoms with Crippen LogP contribution in [0.15, 0.2) is 158 Å². The summed E-state index contributed by atoms with van der Waals surface area (Å²) in [6, 6.07) is 55.7. The highest BCUT2D eigenvalue weighted by molar-refractivity contribution is 6.04. The van der Waals surface area contributed by atoms with Gasteiger partial charge in [0.25, 0.3) is 0 Å². The highest BCUT2D eigenvalue weighted by Crippen LogP contribution is 2.50. The maximum atomic E-state index is 6.23. The topological polar surface area (TPSA) is 43.2 Å². The lowest BCUT2D eigenvalue weighted by Crippen LogP contribution is -2.12. The lowest BCUT2D eigenvalue weighted by Gasteiger charge is -2.26. The van der Waals surface area contributed by atoms with Crippen LogP contribution in [0.2, 0.25) is 0 Å². The van der Waals surface area contributed by atoms with Gasteiger partial charge in [0.1, 0.15) is 17.3 Å². The van der Waals surface area contributed by atoms with Crippen LogP contribution in [0.4, 0.5) is 17.2 Å². The van der Waals surface area contributed by atoms with E-state index in [1.165, 1.54) is 38.5 Å². The molecule has 49 heavy (non-hydrogen) atoms. The first kappa shape index (κ1) is 26.4. The predicted octanol–water partition coefficient (Wildman–Crippen LogP) is 11.6. The lowest BCUT2D eigenvalue weighted by atomic mass is 9.97. The van der Waals surface area contributed by atoms with Crippen LogP contribution in [-0.4, -0.2) is 14.5 Å². The van der Waals surface area contributed by atoms with Crippen molar-refractivity contribution in [1.29, 1.82) is 0 Å². The Bertz CT molecular complexity index is 2820. The number of aromatic nitrogens is 3. The molecule has 0 radical (unpaired) electrons. The number of anilines is 3. The van der Waals surface area contributed by atoms with Gasteiger partial charge in [-0.05, 0) is 89.6 Å². The van der Waals surface area contributed by atoms with Crippen LogP contribution >= 0.6 is 0 Å². The third kappa shape index (κ3) is 3.81. The van der Waals surface area contributed by atoms with Gasteiger partial charge in [0.15, 0.2) is 5.82 Å². The summed E-state index contributed by atoms with van der Waals surface area (Å²) in [6.45, 7) is 0. The molecule has 0 saturated carbocycles. The molecule has 4 heterocycles. The van der Waals surface area contributed by atoms with E-state index < -0.39 is 0 Å². The summed E-state index contributed by atoms with van der Waals surface area (Å²) in [5.41, 5.74) is 10.6. The summed E-state index contributed by atoms with van der Waals surface area (Å²) in [5, 5.41) is 4.58. The third-order valence-corrected chi connectivity index (χ3v) is 9.89. The van der Waals surface area contributed by atoms with Crippen LogP contribution in [0, 0.1) is 0 Å². The molecular formula is C44H26N4O. The Kier molecular flexibility index (Phi) is 5.32. The molecule has 228 valence electrons. The van der Waals surface area contributed by atoms with E-state index in [2.05, 4.69) is 131 Å². The normalized spacial score (nSPS) is 12.6. The van der Waals surface area contributed by atoms with Gasteiger partial charge >= 0.3 is 0 Å². The van der Waals surface area contributed by atoms with Crippen LogP contribution < -0.4 is 9.64 Å². The van der Waals surface area contributed by atoms with E-state index in [0.29, 0.717) is 5.82 Å². The first-order valence-corrected chi connectivity index (χ1v) is 16.5. The summed E-state index contributed by atoms with van der Waals surface area (Å²) in [7, 11) is 0.